The SMILES string of the molecule is CCC(C)(C)N1CCS(=O)CC1. The fourth-order valence-corrected chi connectivity index (χ4v) is 2.52. The smallest absolute Gasteiger partial charge is 0.0363 e. The van der Waals surface area contributed by atoms with Gasteiger partial charge >= 0.3 is 0 Å². The van der Waals surface area contributed by atoms with Crippen molar-refractivity contribution in [3.63, 3.8) is 0 Å². The summed E-state index contributed by atoms with van der Waals surface area (Å²) in [6.45, 7) is 8.76. The van der Waals surface area contributed by atoms with E-state index in [1.807, 2.05) is 0 Å². The van der Waals surface area contributed by atoms with E-state index < -0.39 is 10.8 Å². The molecular weight excluding hydrogens is 170 g/mol. The molecule has 0 aromatic carbocycles. The van der Waals surface area contributed by atoms with Gasteiger partial charge in [-0.05, 0) is 20.3 Å². The first-order valence-electron chi connectivity index (χ1n) is 4.66. The highest BCUT2D eigenvalue weighted by molar-refractivity contribution is 7.85. The van der Waals surface area contributed by atoms with Gasteiger partial charge in [-0.3, -0.25) is 9.11 Å². The van der Waals surface area contributed by atoms with Crippen molar-refractivity contribution in [2.45, 2.75) is 32.7 Å². The maximum Gasteiger partial charge on any atom is 0.0363 e. The van der Waals surface area contributed by atoms with Crippen LogP contribution in [-0.4, -0.2) is 39.2 Å². The number of hydrogen-bond acceptors (Lipinski definition) is 2. The third-order valence-corrected chi connectivity index (χ3v) is 4.17. The minimum absolute atomic E-state index is 0.296. The summed E-state index contributed by atoms with van der Waals surface area (Å²) in [6, 6.07) is 0. The van der Waals surface area contributed by atoms with E-state index in [-0.39, 0.29) is 0 Å². The molecule has 1 aliphatic rings. The zero-order valence-electron chi connectivity index (χ0n) is 8.30. The van der Waals surface area contributed by atoms with Crippen LogP contribution in [0, 0.1) is 0 Å². The van der Waals surface area contributed by atoms with Gasteiger partial charge in [0.25, 0.3) is 0 Å². The molecule has 0 spiro atoms. The van der Waals surface area contributed by atoms with Crippen LogP contribution in [0.4, 0.5) is 0 Å². The predicted molar refractivity (Wildman–Crippen MR) is 53.8 cm³/mol. The molecule has 72 valence electrons. The van der Waals surface area contributed by atoms with E-state index in [9.17, 15) is 4.21 Å². The Hall–Kier alpha value is 0.110. The lowest BCUT2D eigenvalue weighted by atomic mass is 9.99. The third kappa shape index (κ3) is 2.30. The maximum absolute atomic E-state index is 11.1. The Balaban J connectivity index is 2.49. The zero-order chi connectivity index (χ0) is 9.19. The quantitative estimate of drug-likeness (QED) is 0.651. The average molecular weight is 189 g/mol. The minimum atomic E-state index is -0.539. The van der Waals surface area contributed by atoms with Crippen LogP contribution >= 0.6 is 0 Å². The van der Waals surface area contributed by atoms with Crippen LogP contribution in [-0.2, 0) is 10.8 Å². The molecular formula is C9H19NOS. The summed E-state index contributed by atoms with van der Waals surface area (Å²) in [5.41, 5.74) is 0.296. The fraction of sp³-hybridized carbons (Fsp3) is 1.00. The molecule has 1 fully saturated rings. The molecule has 0 radical (unpaired) electrons. The van der Waals surface area contributed by atoms with Crippen molar-refractivity contribution in [2.24, 2.45) is 0 Å². The Morgan fingerprint density at radius 3 is 2.25 bits per heavy atom. The molecule has 0 N–H and O–H groups in total. The van der Waals surface area contributed by atoms with Gasteiger partial charge in [-0.25, -0.2) is 0 Å². The highest BCUT2D eigenvalue weighted by Gasteiger charge is 2.27. The van der Waals surface area contributed by atoms with Crippen molar-refractivity contribution in [2.75, 3.05) is 24.6 Å². The summed E-state index contributed by atoms with van der Waals surface area (Å²) in [5.74, 6) is 1.73. The topological polar surface area (TPSA) is 20.3 Å². The molecule has 2 nitrogen and oxygen atoms in total. The Labute approximate surface area is 77.8 Å². The van der Waals surface area contributed by atoms with E-state index in [1.165, 1.54) is 6.42 Å². The van der Waals surface area contributed by atoms with Gasteiger partial charge in [-0.15, -0.1) is 0 Å². The van der Waals surface area contributed by atoms with Gasteiger partial charge < -0.3 is 0 Å². The zero-order valence-corrected chi connectivity index (χ0v) is 9.12. The van der Waals surface area contributed by atoms with Crippen molar-refractivity contribution in [3.8, 4) is 0 Å². The van der Waals surface area contributed by atoms with Crippen LogP contribution in [0.3, 0.4) is 0 Å². The van der Waals surface area contributed by atoms with E-state index in [2.05, 4.69) is 25.7 Å². The Bertz CT molecular complexity index is 169. The summed E-state index contributed by atoms with van der Waals surface area (Å²) in [6.07, 6.45) is 1.17. The highest BCUT2D eigenvalue weighted by atomic mass is 32.2. The summed E-state index contributed by atoms with van der Waals surface area (Å²) < 4.78 is 11.1. The van der Waals surface area contributed by atoms with E-state index >= 15 is 0 Å². The molecule has 0 saturated carbocycles. The van der Waals surface area contributed by atoms with E-state index in [0.29, 0.717) is 5.54 Å². The van der Waals surface area contributed by atoms with Crippen LogP contribution in [0.2, 0.25) is 0 Å². The van der Waals surface area contributed by atoms with Crippen molar-refractivity contribution in [3.05, 3.63) is 0 Å². The second kappa shape index (κ2) is 3.88. The Kier molecular flexibility index (Phi) is 3.29. The van der Waals surface area contributed by atoms with Crippen LogP contribution < -0.4 is 0 Å². The van der Waals surface area contributed by atoms with Crippen molar-refractivity contribution in [1.29, 1.82) is 0 Å². The van der Waals surface area contributed by atoms with Gasteiger partial charge in [0.05, 0.1) is 0 Å². The number of rotatable bonds is 2. The van der Waals surface area contributed by atoms with E-state index in [1.54, 1.807) is 0 Å². The molecule has 0 aliphatic carbocycles. The first-order chi connectivity index (χ1) is 5.56. The number of hydrogen-bond donors (Lipinski definition) is 0. The van der Waals surface area contributed by atoms with E-state index in [4.69, 9.17) is 0 Å². The molecule has 0 bridgehead atoms. The molecule has 1 saturated heterocycles. The Morgan fingerprint density at radius 1 is 1.33 bits per heavy atom. The molecule has 0 aromatic heterocycles. The average Bonchev–Trinajstić information content (AvgIpc) is 2.05. The van der Waals surface area contributed by atoms with Crippen LogP contribution in [0.5, 0.6) is 0 Å². The van der Waals surface area contributed by atoms with Crippen molar-refractivity contribution < 1.29 is 4.21 Å². The first kappa shape index (κ1) is 10.2. The van der Waals surface area contributed by atoms with Gasteiger partial charge in [0.2, 0.25) is 0 Å². The van der Waals surface area contributed by atoms with E-state index in [0.717, 1.165) is 24.6 Å². The second-order valence-electron chi connectivity index (χ2n) is 4.00. The molecule has 12 heavy (non-hydrogen) atoms. The summed E-state index contributed by atoms with van der Waals surface area (Å²) >= 11 is 0. The molecule has 0 aromatic rings. The molecule has 0 amide bonds. The summed E-state index contributed by atoms with van der Waals surface area (Å²) in [4.78, 5) is 2.45. The summed E-state index contributed by atoms with van der Waals surface area (Å²) in [5, 5.41) is 0. The second-order valence-corrected chi connectivity index (χ2v) is 5.70. The predicted octanol–water partition coefficient (Wildman–Crippen LogP) is 1.24. The normalized spacial score (nSPS) is 22.9. The monoisotopic (exact) mass is 189 g/mol. The lowest BCUT2D eigenvalue weighted by Crippen LogP contribution is -2.50. The molecule has 1 heterocycles. The largest absolute Gasteiger partial charge is 0.296 e. The standard InChI is InChI=1S/C9H19NOS/c1-4-9(2,3)10-5-7-12(11)8-6-10/h4-8H2,1-3H3. The molecule has 1 rings (SSSR count). The van der Waals surface area contributed by atoms with Gasteiger partial charge in [0, 0.05) is 40.9 Å². The van der Waals surface area contributed by atoms with Crippen LogP contribution in [0.25, 0.3) is 0 Å². The van der Waals surface area contributed by atoms with Crippen molar-refractivity contribution in [1.82, 2.24) is 4.90 Å². The first-order valence-corrected chi connectivity index (χ1v) is 6.15. The van der Waals surface area contributed by atoms with Gasteiger partial charge in [0.15, 0.2) is 0 Å². The minimum Gasteiger partial charge on any atom is -0.296 e. The van der Waals surface area contributed by atoms with Gasteiger partial charge in [0.1, 0.15) is 0 Å². The lowest BCUT2D eigenvalue weighted by molar-refractivity contribution is 0.129. The summed E-state index contributed by atoms with van der Waals surface area (Å²) in [7, 11) is -0.539. The molecule has 1 aliphatic heterocycles. The molecule has 0 unspecified atom stereocenters. The van der Waals surface area contributed by atoms with Crippen LogP contribution in [0.1, 0.15) is 27.2 Å². The van der Waals surface area contributed by atoms with Gasteiger partial charge in [-0.2, -0.15) is 0 Å². The molecule has 3 heteroatoms. The van der Waals surface area contributed by atoms with Crippen molar-refractivity contribution >= 4 is 10.8 Å². The lowest BCUT2D eigenvalue weighted by Gasteiger charge is -2.40. The highest BCUT2D eigenvalue weighted by Crippen LogP contribution is 2.19. The van der Waals surface area contributed by atoms with Crippen LogP contribution in [0.15, 0.2) is 0 Å². The van der Waals surface area contributed by atoms with Gasteiger partial charge in [-0.1, -0.05) is 6.92 Å². The fourth-order valence-electron chi connectivity index (χ4n) is 1.47. The Morgan fingerprint density at radius 2 is 1.83 bits per heavy atom. The molecule has 0 atom stereocenters. The third-order valence-electron chi connectivity index (χ3n) is 2.90. The maximum atomic E-state index is 11.1. The number of nitrogens with zero attached hydrogens (tertiary/aromatic N) is 1.